The smallest absolute Gasteiger partial charge is 0.323 e. The molecule has 21 heavy (non-hydrogen) atoms. The van der Waals surface area contributed by atoms with Crippen LogP contribution in [0.15, 0.2) is 47.1 Å². The van der Waals surface area contributed by atoms with Crippen LogP contribution in [0.2, 0.25) is 0 Å². The van der Waals surface area contributed by atoms with Gasteiger partial charge >= 0.3 is 6.03 Å². The van der Waals surface area contributed by atoms with E-state index in [-0.39, 0.29) is 11.4 Å². The Morgan fingerprint density at radius 2 is 2.24 bits per heavy atom. The number of benzene rings is 1. The van der Waals surface area contributed by atoms with Gasteiger partial charge in [-0.05, 0) is 30.2 Å². The minimum absolute atomic E-state index is 0.0335. The number of nitrogens with zero attached hydrogens (tertiary/aromatic N) is 1. The Kier molecular flexibility index (Phi) is 4.20. The summed E-state index contributed by atoms with van der Waals surface area (Å²) in [6.45, 7) is 2.82. The first-order chi connectivity index (χ1) is 10.3. The third-order valence-corrected chi connectivity index (χ3v) is 4.80. The predicted molar refractivity (Wildman–Crippen MR) is 85.5 cm³/mol. The molecule has 1 unspecified atom stereocenters. The normalized spacial score (nSPS) is 18.0. The SMILES string of the molecule is CCc1ccccc1NC(=O)N1CCSC1c1ccco1. The number of amides is 2. The number of anilines is 1. The van der Waals surface area contributed by atoms with Crippen molar-refractivity contribution in [2.24, 2.45) is 0 Å². The van der Waals surface area contributed by atoms with Crippen LogP contribution in [-0.2, 0) is 6.42 Å². The van der Waals surface area contributed by atoms with E-state index in [0.717, 1.165) is 35.7 Å². The largest absolute Gasteiger partial charge is 0.466 e. The minimum Gasteiger partial charge on any atom is -0.466 e. The summed E-state index contributed by atoms with van der Waals surface area (Å²) in [6, 6.07) is 11.6. The summed E-state index contributed by atoms with van der Waals surface area (Å²) >= 11 is 1.73. The molecule has 110 valence electrons. The van der Waals surface area contributed by atoms with Crippen LogP contribution in [0, 0.1) is 0 Å². The Bertz CT molecular complexity index is 612. The number of nitrogens with one attached hydrogen (secondary N) is 1. The molecule has 4 nitrogen and oxygen atoms in total. The Hall–Kier alpha value is -1.88. The maximum Gasteiger partial charge on any atom is 0.323 e. The van der Waals surface area contributed by atoms with Gasteiger partial charge in [0, 0.05) is 18.0 Å². The van der Waals surface area contributed by atoms with E-state index >= 15 is 0 Å². The summed E-state index contributed by atoms with van der Waals surface area (Å²) < 4.78 is 5.45. The van der Waals surface area contributed by atoms with E-state index in [1.807, 2.05) is 41.3 Å². The summed E-state index contributed by atoms with van der Waals surface area (Å²) in [4.78, 5) is 14.4. The van der Waals surface area contributed by atoms with E-state index in [4.69, 9.17) is 4.42 Å². The molecule has 1 atom stereocenters. The maximum atomic E-state index is 12.5. The highest BCUT2D eigenvalue weighted by atomic mass is 32.2. The van der Waals surface area contributed by atoms with Crippen molar-refractivity contribution < 1.29 is 9.21 Å². The van der Waals surface area contributed by atoms with Gasteiger partial charge in [0.25, 0.3) is 0 Å². The van der Waals surface area contributed by atoms with Gasteiger partial charge in [-0.1, -0.05) is 25.1 Å². The first kappa shape index (κ1) is 14.1. The second-order valence-corrected chi connectivity index (χ2v) is 6.06. The Morgan fingerprint density at radius 1 is 1.38 bits per heavy atom. The fourth-order valence-corrected chi connectivity index (χ4v) is 3.69. The number of furan rings is 1. The van der Waals surface area contributed by atoms with Gasteiger partial charge in [0.2, 0.25) is 0 Å². The van der Waals surface area contributed by atoms with Gasteiger partial charge in [-0.15, -0.1) is 11.8 Å². The zero-order valence-corrected chi connectivity index (χ0v) is 12.7. The van der Waals surface area contributed by atoms with E-state index in [1.54, 1.807) is 18.0 Å². The average molecular weight is 302 g/mol. The molecule has 1 fully saturated rings. The summed E-state index contributed by atoms with van der Waals surface area (Å²) in [5, 5.41) is 2.99. The molecule has 1 saturated heterocycles. The second-order valence-electron chi connectivity index (χ2n) is 4.87. The molecule has 0 bridgehead atoms. The lowest BCUT2D eigenvalue weighted by Crippen LogP contribution is -2.34. The summed E-state index contributed by atoms with van der Waals surface area (Å²) in [7, 11) is 0. The van der Waals surface area contributed by atoms with Gasteiger partial charge in [-0.25, -0.2) is 4.79 Å². The molecule has 2 heterocycles. The number of urea groups is 1. The standard InChI is InChI=1S/C16H18N2O2S/c1-2-12-6-3-4-7-13(12)17-16(19)18-9-11-21-15(18)14-8-5-10-20-14/h3-8,10,15H,2,9,11H2,1H3,(H,17,19). The van der Waals surface area contributed by atoms with E-state index in [2.05, 4.69) is 12.2 Å². The van der Waals surface area contributed by atoms with Crippen molar-refractivity contribution in [3.63, 3.8) is 0 Å². The minimum atomic E-state index is -0.0673. The van der Waals surface area contributed by atoms with Crippen LogP contribution in [0.1, 0.15) is 23.6 Å². The van der Waals surface area contributed by atoms with E-state index < -0.39 is 0 Å². The number of hydrogen-bond acceptors (Lipinski definition) is 3. The van der Waals surface area contributed by atoms with Crippen LogP contribution in [0.3, 0.4) is 0 Å². The van der Waals surface area contributed by atoms with Crippen molar-refractivity contribution in [1.29, 1.82) is 0 Å². The van der Waals surface area contributed by atoms with Crippen LogP contribution in [0.4, 0.5) is 10.5 Å². The molecule has 3 rings (SSSR count). The lowest BCUT2D eigenvalue weighted by molar-refractivity contribution is 0.209. The molecule has 1 aromatic heterocycles. The van der Waals surface area contributed by atoms with Gasteiger partial charge in [0.05, 0.1) is 6.26 Å². The Balaban J connectivity index is 1.75. The molecular formula is C16H18N2O2S. The maximum absolute atomic E-state index is 12.5. The van der Waals surface area contributed by atoms with Gasteiger partial charge in [-0.2, -0.15) is 0 Å². The highest BCUT2D eigenvalue weighted by Crippen LogP contribution is 2.38. The van der Waals surface area contributed by atoms with Gasteiger partial charge in [-0.3, -0.25) is 0 Å². The Labute approximate surface area is 128 Å². The second kappa shape index (κ2) is 6.26. The van der Waals surface area contributed by atoms with Crippen LogP contribution in [0.25, 0.3) is 0 Å². The van der Waals surface area contributed by atoms with Crippen LogP contribution in [-0.4, -0.2) is 23.2 Å². The zero-order valence-electron chi connectivity index (χ0n) is 11.9. The van der Waals surface area contributed by atoms with E-state index in [1.165, 1.54) is 0 Å². The highest BCUT2D eigenvalue weighted by molar-refractivity contribution is 7.99. The molecule has 0 spiro atoms. The number of hydrogen-bond donors (Lipinski definition) is 1. The molecule has 5 heteroatoms. The van der Waals surface area contributed by atoms with Crippen molar-refractivity contribution in [1.82, 2.24) is 4.90 Å². The predicted octanol–water partition coefficient (Wildman–Crippen LogP) is 4.12. The summed E-state index contributed by atoms with van der Waals surface area (Å²) in [5.74, 6) is 1.75. The monoisotopic (exact) mass is 302 g/mol. The molecule has 0 saturated carbocycles. The summed E-state index contributed by atoms with van der Waals surface area (Å²) in [5.41, 5.74) is 2.03. The Morgan fingerprint density at radius 3 is 3.00 bits per heavy atom. The van der Waals surface area contributed by atoms with Crippen molar-refractivity contribution >= 4 is 23.5 Å². The van der Waals surface area contributed by atoms with Crippen molar-refractivity contribution in [2.75, 3.05) is 17.6 Å². The molecule has 0 aliphatic carbocycles. The highest BCUT2D eigenvalue weighted by Gasteiger charge is 2.32. The van der Waals surface area contributed by atoms with Crippen molar-refractivity contribution in [3.05, 3.63) is 54.0 Å². The molecule has 2 aromatic rings. The molecule has 1 N–H and O–H groups in total. The average Bonchev–Trinajstić information content (AvgIpc) is 3.18. The third-order valence-electron chi connectivity index (χ3n) is 3.58. The number of para-hydroxylation sites is 1. The van der Waals surface area contributed by atoms with Crippen LogP contribution < -0.4 is 5.32 Å². The number of aryl methyl sites for hydroxylation is 1. The molecular weight excluding hydrogens is 284 g/mol. The van der Waals surface area contributed by atoms with Crippen molar-refractivity contribution in [2.45, 2.75) is 18.7 Å². The quantitative estimate of drug-likeness (QED) is 0.927. The molecule has 0 radical (unpaired) electrons. The van der Waals surface area contributed by atoms with Gasteiger partial charge in [0.1, 0.15) is 11.1 Å². The fourth-order valence-electron chi connectivity index (χ4n) is 2.48. The lowest BCUT2D eigenvalue weighted by Gasteiger charge is -2.23. The fraction of sp³-hybridized carbons (Fsp3) is 0.312. The number of thioether (sulfide) groups is 1. The van der Waals surface area contributed by atoms with Crippen LogP contribution >= 0.6 is 11.8 Å². The molecule has 1 aromatic carbocycles. The number of carbonyl (C=O) groups is 1. The van der Waals surface area contributed by atoms with E-state index in [9.17, 15) is 4.79 Å². The van der Waals surface area contributed by atoms with Crippen molar-refractivity contribution in [3.8, 4) is 0 Å². The number of rotatable bonds is 3. The molecule has 1 aliphatic heterocycles. The number of carbonyl (C=O) groups excluding carboxylic acids is 1. The molecule has 2 amide bonds. The first-order valence-electron chi connectivity index (χ1n) is 7.10. The first-order valence-corrected chi connectivity index (χ1v) is 8.15. The van der Waals surface area contributed by atoms with Gasteiger partial charge in [0.15, 0.2) is 0 Å². The topological polar surface area (TPSA) is 45.5 Å². The van der Waals surface area contributed by atoms with E-state index in [0.29, 0.717) is 0 Å². The summed E-state index contributed by atoms with van der Waals surface area (Å²) in [6.07, 6.45) is 2.55. The van der Waals surface area contributed by atoms with Gasteiger partial charge < -0.3 is 14.6 Å². The third kappa shape index (κ3) is 2.93. The zero-order chi connectivity index (χ0) is 14.7. The molecule has 1 aliphatic rings. The van der Waals surface area contributed by atoms with Crippen LogP contribution in [0.5, 0.6) is 0 Å². The lowest BCUT2D eigenvalue weighted by atomic mass is 10.1.